The highest BCUT2D eigenvalue weighted by molar-refractivity contribution is 5.95. The second kappa shape index (κ2) is 8.79. The fourth-order valence-electron chi connectivity index (χ4n) is 4.18. The molecule has 3 aromatic carbocycles. The van der Waals surface area contributed by atoms with Gasteiger partial charge in [0.15, 0.2) is 0 Å². The number of carbonyl (C=O) groups is 1. The second-order valence-electron chi connectivity index (χ2n) is 8.00. The zero-order valence-corrected chi connectivity index (χ0v) is 18.9. The van der Waals surface area contributed by atoms with Crippen LogP contribution in [0.1, 0.15) is 47.2 Å². The Balaban J connectivity index is 1.93. The standard InChI is InChI=1S/C27H27N3O2/c1-5-29(26(31)21-14-8-6-12-18(21)2)20(4)25-28-23-16-10-9-15-22(23)27(32)30(25)24-17-11-7-13-19(24)3/h6-17,20H,5H2,1-4H3. The van der Waals surface area contributed by atoms with E-state index in [1.54, 1.807) is 15.5 Å². The van der Waals surface area contributed by atoms with Gasteiger partial charge in [0.25, 0.3) is 11.5 Å². The summed E-state index contributed by atoms with van der Waals surface area (Å²) in [4.78, 5) is 33.8. The zero-order valence-electron chi connectivity index (χ0n) is 18.9. The summed E-state index contributed by atoms with van der Waals surface area (Å²) in [6.45, 7) is 8.28. The van der Waals surface area contributed by atoms with E-state index in [-0.39, 0.29) is 11.5 Å². The number of hydrogen-bond acceptors (Lipinski definition) is 3. The third kappa shape index (κ3) is 3.71. The van der Waals surface area contributed by atoms with E-state index < -0.39 is 6.04 Å². The summed E-state index contributed by atoms with van der Waals surface area (Å²) in [5, 5.41) is 0.556. The van der Waals surface area contributed by atoms with Crippen molar-refractivity contribution < 1.29 is 4.79 Å². The molecule has 0 saturated carbocycles. The third-order valence-corrected chi connectivity index (χ3v) is 5.98. The molecule has 0 spiro atoms. The van der Waals surface area contributed by atoms with Crippen LogP contribution in [-0.4, -0.2) is 26.9 Å². The summed E-state index contributed by atoms with van der Waals surface area (Å²) >= 11 is 0. The van der Waals surface area contributed by atoms with E-state index in [1.165, 1.54) is 0 Å². The average Bonchev–Trinajstić information content (AvgIpc) is 2.80. The molecule has 162 valence electrons. The Morgan fingerprint density at radius 1 is 0.938 bits per heavy atom. The first-order valence-electron chi connectivity index (χ1n) is 10.9. The number of aromatic nitrogens is 2. The van der Waals surface area contributed by atoms with Gasteiger partial charge in [-0.3, -0.25) is 14.2 Å². The molecule has 0 bridgehead atoms. The number of nitrogens with zero attached hydrogens (tertiary/aromatic N) is 3. The number of carbonyl (C=O) groups excluding carboxylic acids is 1. The number of rotatable bonds is 5. The maximum Gasteiger partial charge on any atom is 0.266 e. The van der Waals surface area contributed by atoms with Crippen molar-refractivity contribution in [1.82, 2.24) is 14.5 Å². The number of fused-ring (bicyclic) bond motifs is 1. The van der Waals surface area contributed by atoms with Crippen LogP contribution in [0.5, 0.6) is 0 Å². The fraction of sp³-hybridized carbons (Fsp3) is 0.222. The Hall–Kier alpha value is -3.73. The molecule has 1 aromatic heterocycles. The highest BCUT2D eigenvalue weighted by atomic mass is 16.2. The zero-order chi connectivity index (χ0) is 22.8. The van der Waals surface area contributed by atoms with Gasteiger partial charge in [0.2, 0.25) is 0 Å². The van der Waals surface area contributed by atoms with Crippen molar-refractivity contribution in [1.29, 1.82) is 0 Å². The van der Waals surface area contributed by atoms with Crippen LogP contribution in [0.2, 0.25) is 0 Å². The van der Waals surface area contributed by atoms with Crippen LogP contribution in [-0.2, 0) is 0 Å². The minimum absolute atomic E-state index is 0.0724. The molecular weight excluding hydrogens is 398 g/mol. The first-order valence-corrected chi connectivity index (χ1v) is 10.9. The van der Waals surface area contributed by atoms with Crippen LogP contribution in [0, 0.1) is 13.8 Å². The molecule has 5 nitrogen and oxygen atoms in total. The van der Waals surface area contributed by atoms with Crippen molar-refractivity contribution in [2.45, 2.75) is 33.7 Å². The van der Waals surface area contributed by atoms with E-state index >= 15 is 0 Å². The van der Waals surface area contributed by atoms with E-state index in [4.69, 9.17) is 4.98 Å². The monoisotopic (exact) mass is 425 g/mol. The van der Waals surface area contributed by atoms with Crippen LogP contribution < -0.4 is 5.56 Å². The van der Waals surface area contributed by atoms with Crippen molar-refractivity contribution in [3.8, 4) is 5.69 Å². The molecule has 1 atom stereocenters. The molecule has 0 aliphatic carbocycles. The molecule has 0 fully saturated rings. The van der Waals surface area contributed by atoms with Crippen molar-refractivity contribution in [2.75, 3.05) is 6.54 Å². The van der Waals surface area contributed by atoms with E-state index in [9.17, 15) is 9.59 Å². The number of hydrogen-bond donors (Lipinski definition) is 0. The van der Waals surface area contributed by atoms with Crippen molar-refractivity contribution in [3.05, 3.63) is 106 Å². The van der Waals surface area contributed by atoms with Gasteiger partial charge in [-0.1, -0.05) is 48.5 Å². The summed E-state index contributed by atoms with van der Waals surface area (Å²) in [7, 11) is 0. The fourth-order valence-corrected chi connectivity index (χ4v) is 4.18. The number of amides is 1. The first-order chi connectivity index (χ1) is 15.4. The lowest BCUT2D eigenvalue weighted by Gasteiger charge is -2.30. The quantitative estimate of drug-likeness (QED) is 0.440. The van der Waals surface area contributed by atoms with Crippen LogP contribution >= 0.6 is 0 Å². The van der Waals surface area contributed by atoms with Gasteiger partial charge in [-0.2, -0.15) is 0 Å². The maximum atomic E-state index is 13.6. The molecule has 1 heterocycles. The van der Waals surface area contributed by atoms with Gasteiger partial charge < -0.3 is 4.90 Å². The molecule has 4 aromatic rings. The van der Waals surface area contributed by atoms with Crippen LogP contribution in [0.3, 0.4) is 0 Å². The Morgan fingerprint density at radius 3 is 2.25 bits per heavy atom. The summed E-state index contributed by atoms with van der Waals surface area (Å²) in [5.41, 5.74) is 3.82. The number of aryl methyl sites for hydroxylation is 2. The Labute approximate surface area is 188 Å². The van der Waals surface area contributed by atoms with Crippen molar-refractivity contribution in [3.63, 3.8) is 0 Å². The maximum absolute atomic E-state index is 13.6. The predicted octanol–water partition coefficient (Wildman–Crippen LogP) is 5.23. The average molecular weight is 426 g/mol. The summed E-state index contributed by atoms with van der Waals surface area (Å²) in [6, 6.07) is 22.3. The minimum Gasteiger partial charge on any atom is -0.329 e. The topological polar surface area (TPSA) is 55.2 Å². The van der Waals surface area contributed by atoms with Gasteiger partial charge in [0.05, 0.1) is 22.6 Å². The molecular formula is C27H27N3O2. The summed E-state index contributed by atoms with van der Waals surface area (Å²) < 4.78 is 1.66. The Bertz CT molecular complexity index is 1360. The summed E-state index contributed by atoms with van der Waals surface area (Å²) in [5.74, 6) is 0.476. The molecule has 4 rings (SSSR count). The third-order valence-electron chi connectivity index (χ3n) is 5.98. The lowest BCUT2D eigenvalue weighted by molar-refractivity contribution is 0.0692. The van der Waals surface area contributed by atoms with Crippen molar-refractivity contribution >= 4 is 16.8 Å². The molecule has 0 saturated heterocycles. The van der Waals surface area contributed by atoms with E-state index in [2.05, 4.69) is 0 Å². The highest BCUT2D eigenvalue weighted by Gasteiger charge is 2.27. The van der Waals surface area contributed by atoms with Crippen LogP contribution in [0.25, 0.3) is 16.6 Å². The lowest BCUT2D eigenvalue weighted by atomic mass is 10.1. The van der Waals surface area contributed by atoms with Crippen molar-refractivity contribution in [2.24, 2.45) is 0 Å². The normalized spacial score (nSPS) is 12.0. The molecule has 1 amide bonds. The van der Waals surface area contributed by atoms with E-state index in [0.717, 1.165) is 16.8 Å². The minimum atomic E-state index is -0.413. The van der Waals surface area contributed by atoms with Gasteiger partial charge in [0.1, 0.15) is 5.82 Å². The molecule has 5 heteroatoms. The largest absolute Gasteiger partial charge is 0.329 e. The SMILES string of the molecule is CCN(C(=O)c1ccccc1C)C(C)c1nc2ccccc2c(=O)n1-c1ccccc1C. The van der Waals surface area contributed by atoms with Gasteiger partial charge in [-0.05, 0) is 63.1 Å². The molecule has 32 heavy (non-hydrogen) atoms. The number of para-hydroxylation sites is 2. The second-order valence-corrected chi connectivity index (χ2v) is 8.00. The van der Waals surface area contributed by atoms with Crippen LogP contribution in [0.15, 0.2) is 77.6 Å². The van der Waals surface area contributed by atoms with Gasteiger partial charge in [-0.25, -0.2) is 4.98 Å². The first kappa shape index (κ1) is 21.5. The van der Waals surface area contributed by atoms with Gasteiger partial charge in [-0.15, -0.1) is 0 Å². The highest BCUT2D eigenvalue weighted by Crippen LogP contribution is 2.26. The molecule has 1 unspecified atom stereocenters. The number of benzene rings is 3. The van der Waals surface area contributed by atoms with E-state index in [0.29, 0.717) is 28.8 Å². The molecule has 0 aliphatic heterocycles. The predicted molar refractivity (Wildman–Crippen MR) is 128 cm³/mol. The lowest BCUT2D eigenvalue weighted by Crippen LogP contribution is -2.37. The molecule has 0 N–H and O–H groups in total. The molecule has 0 radical (unpaired) electrons. The molecule has 0 aliphatic rings. The van der Waals surface area contributed by atoms with Crippen LogP contribution in [0.4, 0.5) is 0 Å². The summed E-state index contributed by atoms with van der Waals surface area (Å²) in [6.07, 6.45) is 0. The van der Waals surface area contributed by atoms with Gasteiger partial charge >= 0.3 is 0 Å². The van der Waals surface area contributed by atoms with E-state index in [1.807, 2.05) is 94.4 Å². The Kier molecular flexibility index (Phi) is 5.91. The van der Waals surface area contributed by atoms with Gasteiger partial charge in [0, 0.05) is 12.1 Å². The Morgan fingerprint density at radius 2 is 1.56 bits per heavy atom. The smallest absolute Gasteiger partial charge is 0.266 e.